The van der Waals surface area contributed by atoms with Gasteiger partial charge in [-0.2, -0.15) is 4.31 Å². The molecule has 3 aromatic carbocycles. The molecule has 0 bridgehead atoms. The van der Waals surface area contributed by atoms with Crippen LogP contribution in [0, 0.1) is 24.0 Å². The molecule has 4 aromatic rings. The number of hydrogen-bond acceptors (Lipinski definition) is 5. The minimum atomic E-state index is -4.04. The number of aromatic nitrogens is 1. The molecule has 0 radical (unpaired) electrons. The Hall–Kier alpha value is -3.82. The molecule has 0 atom stereocenters. The predicted octanol–water partition coefficient (Wildman–Crippen LogP) is 4.49. The van der Waals surface area contributed by atoms with Crippen LogP contribution in [0.15, 0.2) is 82.5 Å². The Balaban J connectivity index is 1.73. The number of aromatic amines is 1. The van der Waals surface area contributed by atoms with Crippen molar-refractivity contribution >= 4 is 26.6 Å². The summed E-state index contributed by atoms with van der Waals surface area (Å²) >= 11 is 0. The van der Waals surface area contributed by atoms with Crippen LogP contribution in [-0.2, 0) is 23.0 Å². The van der Waals surface area contributed by atoms with E-state index in [1.54, 1.807) is 6.07 Å². The van der Waals surface area contributed by atoms with Gasteiger partial charge in [0.1, 0.15) is 0 Å². The topological polar surface area (TPSA) is 113 Å². The van der Waals surface area contributed by atoms with Gasteiger partial charge in [-0.05, 0) is 61.0 Å². The van der Waals surface area contributed by atoms with Crippen LogP contribution < -0.4 is 5.56 Å². The van der Waals surface area contributed by atoms with Crippen LogP contribution in [-0.4, -0.2) is 29.2 Å². The summed E-state index contributed by atoms with van der Waals surface area (Å²) in [5.41, 5.74) is 3.41. The highest BCUT2D eigenvalue weighted by Gasteiger charge is 2.26. The summed E-state index contributed by atoms with van der Waals surface area (Å²) in [5, 5.41) is 11.8. The maximum atomic E-state index is 13.6. The molecule has 1 N–H and O–H groups in total. The number of non-ortho nitro benzene ring substituents is 1. The van der Waals surface area contributed by atoms with Crippen LogP contribution in [0.2, 0.25) is 0 Å². The van der Waals surface area contributed by atoms with Crippen LogP contribution in [0.5, 0.6) is 0 Å². The summed E-state index contributed by atoms with van der Waals surface area (Å²) in [6.45, 7) is 3.87. The molecule has 35 heavy (non-hydrogen) atoms. The fourth-order valence-corrected chi connectivity index (χ4v) is 5.53. The van der Waals surface area contributed by atoms with Crippen molar-refractivity contribution in [1.29, 1.82) is 0 Å². The third-order valence-electron chi connectivity index (χ3n) is 5.89. The van der Waals surface area contributed by atoms with E-state index in [0.717, 1.165) is 39.7 Å². The Morgan fingerprint density at radius 2 is 1.66 bits per heavy atom. The Morgan fingerprint density at radius 3 is 2.31 bits per heavy atom. The van der Waals surface area contributed by atoms with Gasteiger partial charge in [0.25, 0.3) is 11.2 Å². The molecule has 1 heterocycles. The molecule has 1 aromatic heterocycles. The van der Waals surface area contributed by atoms with E-state index in [-0.39, 0.29) is 29.2 Å². The number of pyridine rings is 1. The highest BCUT2D eigenvalue weighted by molar-refractivity contribution is 7.89. The van der Waals surface area contributed by atoms with Gasteiger partial charge in [0, 0.05) is 30.8 Å². The normalized spacial score (nSPS) is 11.7. The number of aryl methyl sites for hydroxylation is 2. The number of nitro groups is 1. The minimum Gasteiger partial charge on any atom is -0.321 e. The monoisotopic (exact) mass is 491 g/mol. The van der Waals surface area contributed by atoms with Crippen molar-refractivity contribution in [1.82, 2.24) is 9.29 Å². The zero-order valence-corrected chi connectivity index (χ0v) is 20.2. The van der Waals surface area contributed by atoms with Gasteiger partial charge in [-0.25, -0.2) is 8.42 Å². The molecule has 0 amide bonds. The molecule has 0 saturated heterocycles. The summed E-state index contributed by atoms with van der Waals surface area (Å²) in [7, 11) is -4.04. The first-order valence-electron chi connectivity index (χ1n) is 11.1. The molecule has 0 fully saturated rings. The van der Waals surface area contributed by atoms with Gasteiger partial charge in [-0.15, -0.1) is 0 Å². The number of H-pyrrole nitrogens is 1. The number of hydrogen-bond donors (Lipinski definition) is 1. The van der Waals surface area contributed by atoms with Crippen LogP contribution in [0.4, 0.5) is 5.69 Å². The molecule has 8 nitrogen and oxygen atoms in total. The lowest BCUT2D eigenvalue weighted by molar-refractivity contribution is -0.384. The third-order valence-corrected chi connectivity index (χ3v) is 7.75. The van der Waals surface area contributed by atoms with Gasteiger partial charge >= 0.3 is 0 Å². The first-order valence-corrected chi connectivity index (χ1v) is 12.5. The van der Waals surface area contributed by atoms with Crippen molar-refractivity contribution in [2.24, 2.45) is 0 Å². The van der Waals surface area contributed by atoms with Crippen molar-refractivity contribution in [3.05, 3.63) is 116 Å². The van der Waals surface area contributed by atoms with E-state index < -0.39 is 14.9 Å². The van der Waals surface area contributed by atoms with Crippen LogP contribution >= 0.6 is 0 Å². The number of rotatable bonds is 8. The molecule has 4 rings (SSSR count). The molecular formula is C26H25N3O5S. The van der Waals surface area contributed by atoms with Gasteiger partial charge in [0.2, 0.25) is 10.0 Å². The van der Waals surface area contributed by atoms with Crippen molar-refractivity contribution in [2.45, 2.75) is 31.7 Å². The van der Waals surface area contributed by atoms with E-state index >= 15 is 0 Å². The number of benzene rings is 3. The maximum absolute atomic E-state index is 13.6. The number of nitro benzene ring substituents is 1. The first kappa shape index (κ1) is 24.3. The quantitative estimate of drug-likeness (QED) is 0.288. The summed E-state index contributed by atoms with van der Waals surface area (Å²) < 4.78 is 28.4. The third kappa shape index (κ3) is 5.31. The molecule has 9 heteroatoms. The smallest absolute Gasteiger partial charge is 0.269 e. The molecule has 0 spiro atoms. The number of nitrogens with zero attached hydrogens (tertiary/aromatic N) is 2. The van der Waals surface area contributed by atoms with Crippen molar-refractivity contribution in [2.75, 3.05) is 6.54 Å². The maximum Gasteiger partial charge on any atom is 0.269 e. The average Bonchev–Trinajstić information content (AvgIpc) is 2.83. The summed E-state index contributed by atoms with van der Waals surface area (Å²) in [6.07, 6.45) is 0.441. The molecular weight excluding hydrogens is 466 g/mol. The lowest BCUT2D eigenvalue weighted by atomic mass is 10.1. The van der Waals surface area contributed by atoms with Gasteiger partial charge in [-0.3, -0.25) is 14.9 Å². The highest BCUT2D eigenvalue weighted by Crippen LogP contribution is 2.23. The molecule has 0 unspecified atom stereocenters. The van der Waals surface area contributed by atoms with Crippen molar-refractivity contribution in [3.8, 4) is 0 Å². The average molecular weight is 492 g/mol. The zero-order valence-electron chi connectivity index (χ0n) is 19.4. The SMILES string of the molecule is Cc1cc(C)c2[nH]c(=O)c(CN(CCc3ccccc3)S(=O)(=O)c3ccc([N+](=O)[O-])cc3)cc2c1. The second kappa shape index (κ2) is 9.81. The number of fused-ring (bicyclic) bond motifs is 1. The van der Waals surface area contributed by atoms with E-state index in [1.165, 1.54) is 16.4 Å². The minimum absolute atomic E-state index is 0.0694. The summed E-state index contributed by atoms with van der Waals surface area (Å²) in [4.78, 5) is 26.1. The van der Waals surface area contributed by atoms with Crippen molar-refractivity contribution < 1.29 is 13.3 Å². The van der Waals surface area contributed by atoms with E-state index in [2.05, 4.69) is 4.98 Å². The standard InChI is InChI=1S/C26H25N3O5S/c1-18-14-19(2)25-21(15-18)16-22(26(30)27-25)17-28(13-12-20-6-4-3-5-7-20)35(33,34)24-10-8-23(9-11-24)29(31)32/h3-11,14-16H,12-13,17H2,1-2H3,(H,27,30). The largest absolute Gasteiger partial charge is 0.321 e. The van der Waals surface area contributed by atoms with Gasteiger partial charge in [0.15, 0.2) is 0 Å². The van der Waals surface area contributed by atoms with E-state index in [9.17, 15) is 23.3 Å². The van der Waals surface area contributed by atoms with E-state index in [1.807, 2.05) is 56.3 Å². The Bertz CT molecular complexity index is 1550. The lowest BCUT2D eigenvalue weighted by Crippen LogP contribution is -2.34. The van der Waals surface area contributed by atoms with Gasteiger partial charge < -0.3 is 4.98 Å². The van der Waals surface area contributed by atoms with Crippen LogP contribution in [0.25, 0.3) is 10.9 Å². The molecule has 180 valence electrons. The zero-order chi connectivity index (χ0) is 25.2. The fraction of sp³-hybridized carbons (Fsp3) is 0.192. The first-order chi connectivity index (χ1) is 16.6. The second-order valence-electron chi connectivity index (χ2n) is 8.49. The Kier molecular flexibility index (Phi) is 6.81. The van der Waals surface area contributed by atoms with Gasteiger partial charge in [0.05, 0.1) is 15.3 Å². The van der Waals surface area contributed by atoms with E-state index in [0.29, 0.717) is 12.0 Å². The van der Waals surface area contributed by atoms with Crippen LogP contribution in [0.3, 0.4) is 0 Å². The highest BCUT2D eigenvalue weighted by atomic mass is 32.2. The number of nitrogens with one attached hydrogen (secondary N) is 1. The Morgan fingerprint density at radius 1 is 0.971 bits per heavy atom. The summed E-state index contributed by atoms with van der Waals surface area (Å²) in [5.74, 6) is 0. The van der Waals surface area contributed by atoms with Crippen LogP contribution in [0.1, 0.15) is 22.3 Å². The molecule has 0 saturated carbocycles. The lowest BCUT2D eigenvalue weighted by Gasteiger charge is -2.22. The molecule has 0 aliphatic carbocycles. The second-order valence-corrected chi connectivity index (χ2v) is 10.4. The Labute approximate surface area is 203 Å². The fourth-order valence-electron chi connectivity index (χ4n) is 4.11. The summed E-state index contributed by atoms with van der Waals surface area (Å²) in [6, 6.07) is 19.9. The van der Waals surface area contributed by atoms with Crippen molar-refractivity contribution in [3.63, 3.8) is 0 Å². The van der Waals surface area contributed by atoms with Gasteiger partial charge in [-0.1, -0.05) is 42.0 Å². The molecule has 0 aliphatic heterocycles. The predicted molar refractivity (Wildman–Crippen MR) is 135 cm³/mol. The van der Waals surface area contributed by atoms with E-state index in [4.69, 9.17) is 0 Å². The number of sulfonamides is 1. The molecule has 0 aliphatic rings.